The van der Waals surface area contributed by atoms with E-state index in [-0.39, 0.29) is 5.91 Å². The summed E-state index contributed by atoms with van der Waals surface area (Å²) in [6.07, 6.45) is 3.55. The fraction of sp³-hybridized carbons (Fsp3) is 0.233. The molecule has 5 aromatic rings. The molecule has 2 heterocycles. The number of nitrogens with zero attached hydrogens (tertiary/aromatic N) is 2. The van der Waals surface area contributed by atoms with Crippen molar-refractivity contribution in [3.05, 3.63) is 89.6 Å². The normalized spacial score (nSPS) is 14.0. The molecular formula is C30H26N2O3S. The summed E-state index contributed by atoms with van der Waals surface area (Å²) in [4.78, 5) is 32.0. The number of thiazole rings is 1. The number of ether oxygens (including phenoxy) is 1. The van der Waals surface area contributed by atoms with E-state index in [0.717, 1.165) is 63.1 Å². The van der Waals surface area contributed by atoms with Crippen molar-refractivity contribution >= 4 is 44.3 Å². The Kier molecular flexibility index (Phi) is 5.89. The first kappa shape index (κ1) is 22.7. The van der Waals surface area contributed by atoms with Crippen LogP contribution >= 0.6 is 11.3 Å². The van der Waals surface area contributed by atoms with E-state index in [1.807, 2.05) is 72.2 Å². The Bertz CT molecular complexity index is 1580. The van der Waals surface area contributed by atoms with Crippen LogP contribution < -0.4 is 0 Å². The summed E-state index contributed by atoms with van der Waals surface area (Å²) < 4.78 is 8.78. The molecule has 0 saturated carbocycles. The summed E-state index contributed by atoms with van der Waals surface area (Å²) >= 11 is 1.54. The number of para-hydroxylation sites is 2. The number of aromatic nitrogens is 2. The summed E-state index contributed by atoms with van der Waals surface area (Å²) in [5.74, 6) is -0.682. The first-order valence-corrected chi connectivity index (χ1v) is 13.3. The third-order valence-corrected chi connectivity index (χ3v) is 8.04. The number of esters is 1. The van der Waals surface area contributed by atoms with Gasteiger partial charge in [0.2, 0.25) is 0 Å². The molecule has 0 spiro atoms. The standard InChI is InChI=1S/C30H26N2O3S/c1-2-26(29(33)32-24-16-8-5-11-19(24)20-12-6-9-17-25(20)32)35-30(34)22-14-4-3-13-21(22)28-31-23-15-7-10-18-27(23)36-28/h3-5,7-8,10-11,13-16,18,26H,2,6,9,12,17H2,1H3. The van der Waals surface area contributed by atoms with Gasteiger partial charge in [-0.15, -0.1) is 11.3 Å². The number of carbonyl (C=O) groups is 2. The molecule has 0 aliphatic heterocycles. The number of benzene rings is 3. The van der Waals surface area contributed by atoms with Crippen LogP contribution in [0.1, 0.15) is 52.6 Å². The van der Waals surface area contributed by atoms with Gasteiger partial charge in [0.05, 0.1) is 21.3 Å². The van der Waals surface area contributed by atoms with E-state index >= 15 is 0 Å². The van der Waals surface area contributed by atoms with E-state index in [2.05, 4.69) is 6.07 Å². The molecule has 1 unspecified atom stereocenters. The topological polar surface area (TPSA) is 61.2 Å². The fourth-order valence-corrected chi connectivity index (χ4v) is 6.23. The molecule has 1 aliphatic rings. The molecule has 5 nitrogen and oxygen atoms in total. The molecule has 0 amide bonds. The highest BCUT2D eigenvalue weighted by Crippen LogP contribution is 2.34. The van der Waals surface area contributed by atoms with Crippen LogP contribution in [0.3, 0.4) is 0 Å². The molecule has 1 aliphatic carbocycles. The Balaban J connectivity index is 1.34. The van der Waals surface area contributed by atoms with Crippen molar-refractivity contribution in [1.29, 1.82) is 0 Å². The number of rotatable bonds is 5. The zero-order valence-corrected chi connectivity index (χ0v) is 20.9. The van der Waals surface area contributed by atoms with Gasteiger partial charge < -0.3 is 4.74 Å². The van der Waals surface area contributed by atoms with Crippen molar-refractivity contribution in [2.24, 2.45) is 0 Å². The van der Waals surface area contributed by atoms with E-state index in [0.29, 0.717) is 12.0 Å². The third kappa shape index (κ3) is 3.82. The van der Waals surface area contributed by atoms with Crippen LogP contribution in [-0.2, 0) is 17.6 Å². The minimum absolute atomic E-state index is 0.178. The van der Waals surface area contributed by atoms with Gasteiger partial charge in [-0.25, -0.2) is 9.78 Å². The predicted octanol–water partition coefficient (Wildman–Crippen LogP) is 7.07. The fourth-order valence-electron chi connectivity index (χ4n) is 5.23. The first-order valence-electron chi connectivity index (χ1n) is 12.5. The highest BCUT2D eigenvalue weighted by Gasteiger charge is 2.30. The molecular weight excluding hydrogens is 468 g/mol. The highest BCUT2D eigenvalue weighted by molar-refractivity contribution is 7.21. The van der Waals surface area contributed by atoms with E-state index in [4.69, 9.17) is 9.72 Å². The van der Waals surface area contributed by atoms with Gasteiger partial charge in [-0.05, 0) is 61.9 Å². The molecule has 0 N–H and O–H groups in total. The van der Waals surface area contributed by atoms with Crippen molar-refractivity contribution in [1.82, 2.24) is 9.55 Å². The predicted molar refractivity (Wildman–Crippen MR) is 144 cm³/mol. The molecule has 1 atom stereocenters. The maximum atomic E-state index is 13.8. The minimum atomic E-state index is -0.872. The van der Waals surface area contributed by atoms with E-state index in [1.54, 1.807) is 6.07 Å². The second kappa shape index (κ2) is 9.36. The van der Waals surface area contributed by atoms with Crippen LogP contribution in [0.5, 0.6) is 0 Å². The average Bonchev–Trinajstić information content (AvgIpc) is 3.51. The Hall–Kier alpha value is -3.77. The van der Waals surface area contributed by atoms with Crippen molar-refractivity contribution in [3.8, 4) is 10.6 Å². The monoisotopic (exact) mass is 494 g/mol. The van der Waals surface area contributed by atoms with Crippen molar-refractivity contribution in [2.45, 2.75) is 45.1 Å². The molecule has 6 rings (SSSR count). The summed E-state index contributed by atoms with van der Waals surface area (Å²) in [5, 5.41) is 1.89. The van der Waals surface area contributed by atoms with Crippen molar-refractivity contribution in [2.75, 3.05) is 0 Å². The van der Waals surface area contributed by atoms with Gasteiger partial charge in [-0.3, -0.25) is 9.36 Å². The Morgan fingerprint density at radius 2 is 1.72 bits per heavy atom. The minimum Gasteiger partial charge on any atom is -0.449 e. The Labute approximate surface area is 213 Å². The molecule has 0 radical (unpaired) electrons. The average molecular weight is 495 g/mol. The van der Waals surface area contributed by atoms with Gasteiger partial charge >= 0.3 is 5.97 Å². The number of hydrogen-bond acceptors (Lipinski definition) is 5. The van der Waals surface area contributed by atoms with Crippen LogP contribution in [0.25, 0.3) is 31.7 Å². The van der Waals surface area contributed by atoms with Gasteiger partial charge in [0.25, 0.3) is 5.91 Å². The molecule has 3 aromatic carbocycles. The number of hydrogen-bond donors (Lipinski definition) is 0. The van der Waals surface area contributed by atoms with Gasteiger partial charge in [0.1, 0.15) is 5.01 Å². The molecule has 36 heavy (non-hydrogen) atoms. The first-order chi connectivity index (χ1) is 17.7. The summed E-state index contributed by atoms with van der Waals surface area (Å²) in [7, 11) is 0. The van der Waals surface area contributed by atoms with Gasteiger partial charge in [0.15, 0.2) is 6.10 Å². The van der Waals surface area contributed by atoms with E-state index < -0.39 is 12.1 Å². The largest absolute Gasteiger partial charge is 0.449 e. The van der Waals surface area contributed by atoms with Gasteiger partial charge in [0, 0.05) is 16.6 Å². The summed E-state index contributed by atoms with van der Waals surface area (Å²) in [6.45, 7) is 1.88. The highest BCUT2D eigenvalue weighted by atomic mass is 32.1. The third-order valence-electron chi connectivity index (χ3n) is 6.97. The maximum absolute atomic E-state index is 13.8. The van der Waals surface area contributed by atoms with Gasteiger partial charge in [-0.2, -0.15) is 0 Å². The second-order valence-electron chi connectivity index (χ2n) is 9.16. The Morgan fingerprint density at radius 1 is 0.972 bits per heavy atom. The number of fused-ring (bicyclic) bond motifs is 4. The molecule has 0 saturated heterocycles. The lowest BCUT2D eigenvalue weighted by Crippen LogP contribution is -2.32. The van der Waals surface area contributed by atoms with Crippen LogP contribution in [0, 0.1) is 0 Å². The Morgan fingerprint density at radius 3 is 2.58 bits per heavy atom. The van der Waals surface area contributed by atoms with Crippen LogP contribution in [0.15, 0.2) is 72.8 Å². The van der Waals surface area contributed by atoms with Crippen molar-refractivity contribution < 1.29 is 14.3 Å². The molecule has 180 valence electrons. The summed E-state index contributed by atoms with van der Waals surface area (Å²) in [6, 6.07) is 23.3. The second-order valence-corrected chi connectivity index (χ2v) is 10.2. The zero-order chi connectivity index (χ0) is 24.6. The SMILES string of the molecule is CCC(OC(=O)c1ccccc1-c1nc2ccccc2s1)C(=O)n1c2c(c3ccccc31)CCCC2. The van der Waals surface area contributed by atoms with Crippen LogP contribution in [0.2, 0.25) is 0 Å². The van der Waals surface area contributed by atoms with Crippen LogP contribution in [-0.4, -0.2) is 27.5 Å². The molecule has 2 aromatic heterocycles. The van der Waals surface area contributed by atoms with Crippen molar-refractivity contribution in [3.63, 3.8) is 0 Å². The lowest BCUT2D eigenvalue weighted by Gasteiger charge is -2.20. The molecule has 0 bridgehead atoms. The molecule has 6 heteroatoms. The smallest absolute Gasteiger partial charge is 0.339 e. The maximum Gasteiger partial charge on any atom is 0.339 e. The lowest BCUT2D eigenvalue weighted by molar-refractivity contribution is 0.0242. The number of carbonyl (C=O) groups excluding carboxylic acids is 2. The van der Waals surface area contributed by atoms with E-state index in [9.17, 15) is 9.59 Å². The summed E-state index contributed by atoms with van der Waals surface area (Å²) in [5.41, 5.74) is 5.26. The zero-order valence-electron chi connectivity index (χ0n) is 20.1. The van der Waals surface area contributed by atoms with Gasteiger partial charge in [-0.1, -0.05) is 55.5 Å². The van der Waals surface area contributed by atoms with Crippen LogP contribution in [0.4, 0.5) is 0 Å². The lowest BCUT2D eigenvalue weighted by atomic mass is 9.95. The quantitative estimate of drug-likeness (QED) is 0.245. The number of aryl methyl sites for hydroxylation is 1. The molecule has 0 fully saturated rings. The van der Waals surface area contributed by atoms with E-state index in [1.165, 1.54) is 16.9 Å².